The van der Waals surface area contributed by atoms with Gasteiger partial charge in [0.2, 0.25) is 0 Å². The highest BCUT2D eigenvalue weighted by molar-refractivity contribution is 5.72. The highest BCUT2D eigenvalue weighted by Gasteiger charge is 2.20. The maximum atomic E-state index is 11.1. The van der Waals surface area contributed by atoms with E-state index in [1.165, 1.54) is 0 Å². The van der Waals surface area contributed by atoms with Crippen LogP contribution < -0.4 is 10.5 Å². The van der Waals surface area contributed by atoms with Crippen LogP contribution in [0.3, 0.4) is 0 Å². The van der Waals surface area contributed by atoms with Crippen LogP contribution in [0.5, 0.6) is 5.75 Å². The second kappa shape index (κ2) is 7.14. The zero-order valence-corrected chi connectivity index (χ0v) is 11.9. The predicted octanol–water partition coefficient (Wildman–Crippen LogP) is 2.44. The first-order valence-electron chi connectivity index (χ1n) is 6.69. The second-order valence-corrected chi connectivity index (χ2v) is 4.83. The number of rotatable bonds is 7. The van der Waals surface area contributed by atoms with E-state index >= 15 is 0 Å². The van der Waals surface area contributed by atoms with Gasteiger partial charge < -0.3 is 15.6 Å². The third-order valence-electron chi connectivity index (χ3n) is 3.04. The van der Waals surface area contributed by atoms with Crippen molar-refractivity contribution in [2.75, 3.05) is 6.54 Å². The zero-order valence-electron chi connectivity index (χ0n) is 11.9. The number of benzene rings is 1. The first kappa shape index (κ1) is 15.5. The van der Waals surface area contributed by atoms with E-state index in [9.17, 15) is 4.79 Å². The van der Waals surface area contributed by atoms with Gasteiger partial charge >= 0.3 is 5.97 Å². The number of ether oxygens (including phenoxy) is 1. The van der Waals surface area contributed by atoms with Crippen LogP contribution in [0.1, 0.15) is 36.5 Å². The Morgan fingerprint density at radius 1 is 1.37 bits per heavy atom. The fourth-order valence-corrected chi connectivity index (χ4v) is 2.17. The molecule has 0 aliphatic heterocycles. The smallest absolute Gasteiger partial charge is 0.344 e. The van der Waals surface area contributed by atoms with Crippen LogP contribution in [0.25, 0.3) is 0 Å². The Morgan fingerprint density at radius 2 is 1.95 bits per heavy atom. The Kier molecular flexibility index (Phi) is 5.83. The first-order chi connectivity index (χ1) is 8.99. The maximum absolute atomic E-state index is 11.1. The average Bonchev–Trinajstić information content (AvgIpc) is 2.32. The number of carboxylic acids is 1. The fraction of sp³-hybridized carbons (Fsp3) is 0.533. The summed E-state index contributed by atoms with van der Waals surface area (Å²) in [4.78, 5) is 11.1. The molecule has 0 amide bonds. The van der Waals surface area contributed by atoms with Crippen LogP contribution in [0.15, 0.2) is 12.1 Å². The molecular weight excluding hydrogens is 242 g/mol. The van der Waals surface area contributed by atoms with Crippen LogP contribution in [-0.4, -0.2) is 23.7 Å². The molecule has 0 bridgehead atoms. The van der Waals surface area contributed by atoms with E-state index in [0.717, 1.165) is 29.5 Å². The molecule has 4 nitrogen and oxygen atoms in total. The third-order valence-corrected chi connectivity index (χ3v) is 3.04. The number of hydrogen-bond donors (Lipinski definition) is 2. The summed E-state index contributed by atoms with van der Waals surface area (Å²) in [5, 5.41) is 9.14. The molecule has 0 saturated heterocycles. The van der Waals surface area contributed by atoms with Crippen molar-refractivity contribution in [2.45, 2.75) is 46.1 Å². The lowest BCUT2D eigenvalue weighted by Crippen LogP contribution is -2.27. The van der Waals surface area contributed by atoms with E-state index in [0.29, 0.717) is 18.7 Å². The zero-order chi connectivity index (χ0) is 14.4. The molecule has 4 heteroatoms. The Morgan fingerprint density at radius 3 is 2.37 bits per heavy atom. The molecule has 0 fully saturated rings. The quantitative estimate of drug-likeness (QED) is 0.794. The van der Waals surface area contributed by atoms with Crippen molar-refractivity contribution < 1.29 is 14.6 Å². The van der Waals surface area contributed by atoms with Crippen LogP contribution >= 0.6 is 0 Å². The molecule has 0 aliphatic rings. The van der Waals surface area contributed by atoms with Gasteiger partial charge in [-0.1, -0.05) is 25.5 Å². The van der Waals surface area contributed by atoms with Crippen LogP contribution in [0.2, 0.25) is 0 Å². The van der Waals surface area contributed by atoms with Crippen LogP contribution in [0.4, 0.5) is 0 Å². The summed E-state index contributed by atoms with van der Waals surface area (Å²) in [5.41, 5.74) is 8.64. The Labute approximate surface area is 114 Å². The SMILES string of the molecule is CCCC(Oc1c(C)cc(CCN)cc1C)C(=O)O. The van der Waals surface area contributed by atoms with Gasteiger partial charge in [-0.3, -0.25) is 0 Å². The molecule has 106 valence electrons. The number of carboxylic acid groups (broad SMARTS) is 1. The monoisotopic (exact) mass is 265 g/mol. The second-order valence-electron chi connectivity index (χ2n) is 4.83. The lowest BCUT2D eigenvalue weighted by Gasteiger charge is -2.19. The molecule has 0 aliphatic carbocycles. The summed E-state index contributed by atoms with van der Waals surface area (Å²) in [7, 11) is 0. The summed E-state index contributed by atoms with van der Waals surface area (Å²) in [6, 6.07) is 4.03. The van der Waals surface area contributed by atoms with Crippen LogP contribution in [-0.2, 0) is 11.2 Å². The third kappa shape index (κ3) is 4.24. The molecule has 1 unspecified atom stereocenters. The van der Waals surface area contributed by atoms with Gasteiger partial charge in [-0.15, -0.1) is 0 Å². The molecule has 1 aromatic rings. The highest BCUT2D eigenvalue weighted by atomic mass is 16.5. The summed E-state index contributed by atoms with van der Waals surface area (Å²) in [5.74, 6) is -0.228. The summed E-state index contributed by atoms with van der Waals surface area (Å²) >= 11 is 0. The average molecular weight is 265 g/mol. The lowest BCUT2D eigenvalue weighted by molar-refractivity contribution is -0.145. The van der Waals surface area contributed by atoms with Gasteiger partial charge in [0.15, 0.2) is 6.10 Å². The number of aliphatic carboxylic acids is 1. The van der Waals surface area contributed by atoms with Gasteiger partial charge in [-0.2, -0.15) is 0 Å². The molecule has 1 atom stereocenters. The van der Waals surface area contributed by atoms with Crippen LogP contribution in [0, 0.1) is 13.8 Å². The van der Waals surface area contributed by atoms with Crippen molar-refractivity contribution >= 4 is 5.97 Å². The predicted molar refractivity (Wildman–Crippen MR) is 75.6 cm³/mol. The summed E-state index contributed by atoms with van der Waals surface area (Å²) < 4.78 is 5.68. The van der Waals surface area contributed by atoms with E-state index in [-0.39, 0.29) is 0 Å². The summed E-state index contributed by atoms with van der Waals surface area (Å²) in [6.45, 7) is 6.43. The molecule has 3 N–H and O–H groups in total. The normalized spacial score (nSPS) is 12.2. The number of nitrogens with two attached hydrogens (primary N) is 1. The fourth-order valence-electron chi connectivity index (χ4n) is 2.17. The highest BCUT2D eigenvalue weighted by Crippen LogP contribution is 2.27. The van der Waals surface area contributed by atoms with Gasteiger partial charge in [0.25, 0.3) is 0 Å². The Balaban J connectivity index is 2.97. The van der Waals surface area contributed by atoms with Crippen molar-refractivity contribution in [3.05, 3.63) is 28.8 Å². The van der Waals surface area contributed by atoms with Crippen molar-refractivity contribution in [3.63, 3.8) is 0 Å². The van der Waals surface area contributed by atoms with Crippen molar-refractivity contribution in [1.29, 1.82) is 0 Å². The molecule has 0 radical (unpaired) electrons. The van der Waals surface area contributed by atoms with Gasteiger partial charge in [-0.25, -0.2) is 4.79 Å². The van der Waals surface area contributed by atoms with E-state index in [4.69, 9.17) is 15.6 Å². The molecule has 1 aromatic carbocycles. The van der Waals surface area contributed by atoms with E-state index < -0.39 is 12.1 Å². The van der Waals surface area contributed by atoms with E-state index in [2.05, 4.69) is 0 Å². The molecule has 0 aromatic heterocycles. The van der Waals surface area contributed by atoms with E-state index in [1.807, 2.05) is 32.9 Å². The molecular formula is C15H23NO3. The minimum absolute atomic E-state index is 0.513. The van der Waals surface area contributed by atoms with Crippen molar-refractivity contribution in [2.24, 2.45) is 5.73 Å². The standard InChI is InChI=1S/C15H23NO3/c1-4-5-13(15(17)18)19-14-10(2)8-12(6-7-16)9-11(14)3/h8-9,13H,4-7,16H2,1-3H3,(H,17,18). The van der Waals surface area contributed by atoms with Gasteiger partial charge in [0, 0.05) is 0 Å². The number of hydrogen-bond acceptors (Lipinski definition) is 3. The minimum Gasteiger partial charge on any atom is -0.479 e. The molecule has 0 saturated carbocycles. The Hall–Kier alpha value is -1.55. The molecule has 0 spiro atoms. The van der Waals surface area contributed by atoms with Gasteiger partial charge in [-0.05, 0) is 49.9 Å². The first-order valence-corrected chi connectivity index (χ1v) is 6.69. The Bertz CT molecular complexity index is 420. The topological polar surface area (TPSA) is 72.5 Å². The lowest BCUT2D eigenvalue weighted by atomic mass is 10.0. The largest absolute Gasteiger partial charge is 0.479 e. The number of carbonyl (C=O) groups is 1. The van der Waals surface area contributed by atoms with Gasteiger partial charge in [0.05, 0.1) is 0 Å². The van der Waals surface area contributed by atoms with Crippen molar-refractivity contribution in [3.8, 4) is 5.75 Å². The molecule has 1 rings (SSSR count). The van der Waals surface area contributed by atoms with E-state index in [1.54, 1.807) is 0 Å². The molecule has 0 heterocycles. The maximum Gasteiger partial charge on any atom is 0.344 e. The van der Waals surface area contributed by atoms with Gasteiger partial charge in [0.1, 0.15) is 5.75 Å². The van der Waals surface area contributed by atoms with Crippen molar-refractivity contribution in [1.82, 2.24) is 0 Å². The summed E-state index contributed by atoms with van der Waals surface area (Å²) in [6.07, 6.45) is 1.33. The minimum atomic E-state index is -0.910. The number of aryl methyl sites for hydroxylation is 2. The molecule has 19 heavy (non-hydrogen) atoms.